The molecule has 3 nitrogen and oxygen atoms in total. The standard InChI is InChI=1S/C13H22N2OS/c1-11-12(9-14-2)8-13(16-11)10-15-4-3-6-17-7-5-15/h8,14H,3-7,9-10H2,1-2H3. The third-order valence-corrected chi connectivity index (χ3v) is 4.18. The van der Waals surface area contributed by atoms with E-state index in [4.69, 9.17) is 4.42 Å². The van der Waals surface area contributed by atoms with Crippen molar-refractivity contribution in [2.24, 2.45) is 0 Å². The van der Waals surface area contributed by atoms with Gasteiger partial charge in [-0.25, -0.2) is 0 Å². The smallest absolute Gasteiger partial charge is 0.118 e. The zero-order valence-electron chi connectivity index (χ0n) is 10.8. The monoisotopic (exact) mass is 254 g/mol. The maximum absolute atomic E-state index is 5.82. The summed E-state index contributed by atoms with van der Waals surface area (Å²) in [5.41, 5.74) is 1.28. The van der Waals surface area contributed by atoms with Crippen molar-refractivity contribution in [3.05, 3.63) is 23.2 Å². The highest BCUT2D eigenvalue weighted by Crippen LogP contribution is 2.18. The van der Waals surface area contributed by atoms with Crippen LogP contribution in [0.5, 0.6) is 0 Å². The first kappa shape index (κ1) is 13.0. The summed E-state index contributed by atoms with van der Waals surface area (Å²) in [4.78, 5) is 2.50. The Labute approximate surface area is 108 Å². The van der Waals surface area contributed by atoms with E-state index in [1.54, 1.807) is 0 Å². The van der Waals surface area contributed by atoms with Crippen LogP contribution in [0.15, 0.2) is 10.5 Å². The van der Waals surface area contributed by atoms with E-state index in [2.05, 4.69) is 35.0 Å². The topological polar surface area (TPSA) is 28.4 Å². The summed E-state index contributed by atoms with van der Waals surface area (Å²) in [6.45, 7) is 6.30. The molecule has 1 aliphatic heterocycles. The van der Waals surface area contributed by atoms with Crippen molar-refractivity contribution < 1.29 is 4.42 Å². The van der Waals surface area contributed by atoms with E-state index in [0.717, 1.165) is 24.6 Å². The van der Waals surface area contributed by atoms with Gasteiger partial charge in [-0.2, -0.15) is 11.8 Å². The van der Waals surface area contributed by atoms with Crippen LogP contribution >= 0.6 is 11.8 Å². The molecule has 0 aromatic carbocycles. The summed E-state index contributed by atoms with van der Waals surface area (Å²) < 4.78 is 5.82. The van der Waals surface area contributed by atoms with E-state index in [9.17, 15) is 0 Å². The average Bonchev–Trinajstić information content (AvgIpc) is 2.54. The van der Waals surface area contributed by atoms with Crippen molar-refractivity contribution in [1.82, 2.24) is 10.2 Å². The van der Waals surface area contributed by atoms with Crippen molar-refractivity contribution in [2.75, 3.05) is 31.6 Å². The molecule has 0 aliphatic carbocycles. The van der Waals surface area contributed by atoms with Crippen molar-refractivity contribution >= 4 is 11.8 Å². The number of furan rings is 1. The number of rotatable bonds is 4. The van der Waals surface area contributed by atoms with Crippen LogP contribution in [-0.4, -0.2) is 36.5 Å². The van der Waals surface area contributed by atoms with Gasteiger partial charge in [0, 0.05) is 24.4 Å². The number of nitrogens with zero attached hydrogens (tertiary/aromatic N) is 1. The molecule has 96 valence electrons. The third kappa shape index (κ3) is 3.76. The van der Waals surface area contributed by atoms with Crippen LogP contribution in [0.2, 0.25) is 0 Å². The fourth-order valence-corrected chi connectivity index (χ4v) is 3.13. The lowest BCUT2D eigenvalue weighted by Crippen LogP contribution is -2.25. The highest BCUT2D eigenvalue weighted by Gasteiger charge is 2.13. The Morgan fingerprint density at radius 3 is 3.12 bits per heavy atom. The quantitative estimate of drug-likeness (QED) is 0.892. The number of nitrogens with one attached hydrogen (secondary N) is 1. The summed E-state index contributed by atoms with van der Waals surface area (Å²) in [6.07, 6.45) is 1.30. The zero-order valence-corrected chi connectivity index (χ0v) is 11.6. The number of thioether (sulfide) groups is 1. The van der Waals surface area contributed by atoms with Crippen molar-refractivity contribution in [3.8, 4) is 0 Å². The molecule has 0 spiro atoms. The fourth-order valence-electron chi connectivity index (χ4n) is 2.21. The van der Waals surface area contributed by atoms with Gasteiger partial charge in [0.2, 0.25) is 0 Å². The number of aryl methyl sites for hydroxylation is 1. The summed E-state index contributed by atoms with van der Waals surface area (Å²) in [5, 5.41) is 3.17. The van der Waals surface area contributed by atoms with Gasteiger partial charge in [0.25, 0.3) is 0 Å². The molecule has 1 aliphatic rings. The Hall–Kier alpha value is -0.450. The predicted octanol–water partition coefficient (Wildman–Crippen LogP) is 2.25. The number of hydrogen-bond donors (Lipinski definition) is 1. The lowest BCUT2D eigenvalue weighted by molar-refractivity contribution is 0.260. The van der Waals surface area contributed by atoms with Crippen molar-refractivity contribution in [2.45, 2.75) is 26.4 Å². The molecule has 2 rings (SSSR count). The van der Waals surface area contributed by atoms with E-state index in [1.807, 2.05) is 7.05 Å². The van der Waals surface area contributed by atoms with E-state index in [-0.39, 0.29) is 0 Å². The molecule has 0 radical (unpaired) electrons. The molecule has 1 saturated heterocycles. The van der Waals surface area contributed by atoms with Crippen LogP contribution in [0.4, 0.5) is 0 Å². The van der Waals surface area contributed by atoms with Gasteiger partial charge in [0.05, 0.1) is 6.54 Å². The van der Waals surface area contributed by atoms with E-state index < -0.39 is 0 Å². The molecule has 2 heterocycles. The van der Waals surface area contributed by atoms with Crippen LogP contribution in [-0.2, 0) is 13.1 Å². The highest BCUT2D eigenvalue weighted by atomic mass is 32.2. The second kappa shape index (κ2) is 6.47. The molecule has 0 saturated carbocycles. The Morgan fingerprint density at radius 1 is 1.41 bits per heavy atom. The van der Waals surface area contributed by atoms with Gasteiger partial charge in [0.1, 0.15) is 11.5 Å². The first-order chi connectivity index (χ1) is 8.29. The van der Waals surface area contributed by atoms with E-state index in [0.29, 0.717) is 0 Å². The molecule has 1 aromatic rings. The Balaban J connectivity index is 1.95. The minimum Gasteiger partial charge on any atom is -0.465 e. The normalized spacial score (nSPS) is 18.2. The summed E-state index contributed by atoms with van der Waals surface area (Å²) >= 11 is 2.06. The van der Waals surface area contributed by atoms with Crippen molar-refractivity contribution in [1.29, 1.82) is 0 Å². The Kier molecular flexibility index (Phi) is 4.95. The molecule has 1 N–H and O–H groups in total. The van der Waals surface area contributed by atoms with Crippen LogP contribution in [0, 0.1) is 6.92 Å². The van der Waals surface area contributed by atoms with Crippen LogP contribution in [0.3, 0.4) is 0 Å². The van der Waals surface area contributed by atoms with E-state index in [1.165, 1.54) is 36.6 Å². The summed E-state index contributed by atoms with van der Waals surface area (Å²) in [5.74, 6) is 4.72. The van der Waals surface area contributed by atoms with Gasteiger partial charge >= 0.3 is 0 Å². The van der Waals surface area contributed by atoms with Gasteiger partial charge in [-0.1, -0.05) is 0 Å². The van der Waals surface area contributed by atoms with Gasteiger partial charge in [-0.05, 0) is 38.8 Å². The molecule has 17 heavy (non-hydrogen) atoms. The lowest BCUT2D eigenvalue weighted by Gasteiger charge is -2.17. The fraction of sp³-hybridized carbons (Fsp3) is 0.692. The van der Waals surface area contributed by atoms with Gasteiger partial charge < -0.3 is 9.73 Å². The SMILES string of the molecule is CNCc1cc(CN2CCCSCC2)oc1C. The molecule has 1 aromatic heterocycles. The molecular weight excluding hydrogens is 232 g/mol. The first-order valence-electron chi connectivity index (χ1n) is 6.32. The molecular formula is C13H22N2OS. The number of hydrogen-bond acceptors (Lipinski definition) is 4. The first-order valence-corrected chi connectivity index (χ1v) is 7.48. The minimum absolute atomic E-state index is 0.894. The van der Waals surface area contributed by atoms with Crippen LogP contribution in [0.1, 0.15) is 23.5 Å². The lowest BCUT2D eigenvalue weighted by atomic mass is 10.2. The summed E-state index contributed by atoms with van der Waals surface area (Å²) in [7, 11) is 1.97. The molecule has 4 heteroatoms. The van der Waals surface area contributed by atoms with Crippen molar-refractivity contribution in [3.63, 3.8) is 0 Å². The highest BCUT2D eigenvalue weighted by molar-refractivity contribution is 7.99. The Morgan fingerprint density at radius 2 is 2.29 bits per heavy atom. The zero-order chi connectivity index (χ0) is 12.1. The molecule has 0 unspecified atom stereocenters. The van der Waals surface area contributed by atoms with Crippen LogP contribution in [0.25, 0.3) is 0 Å². The predicted molar refractivity (Wildman–Crippen MR) is 73.4 cm³/mol. The summed E-state index contributed by atoms with van der Waals surface area (Å²) in [6, 6.07) is 2.20. The maximum Gasteiger partial charge on any atom is 0.118 e. The second-order valence-electron chi connectivity index (χ2n) is 4.57. The average molecular weight is 254 g/mol. The second-order valence-corrected chi connectivity index (χ2v) is 5.79. The van der Waals surface area contributed by atoms with E-state index >= 15 is 0 Å². The Bertz CT molecular complexity index is 343. The maximum atomic E-state index is 5.82. The van der Waals surface area contributed by atoms with Gasteiger partial charge in [-0.3, -0.25) is 4.90 Å². The minimum atomic E-state index is 0.894. The molecule has 1 fully saturated rings. The molecule has 0 atom stereocenters. The van der Waals surface area contributed by atoms with Crippen LogP contribution < -0.4 is 5.32 Å². The van der Waals surface area contributed by atoms with Gasteiger partial charge in [-0.15, -0.1) is 0 Å². The molecule has 0 amide bonds. The van der Waals surface area contributed by atoms with Gasteiger partial charge in [0.15, 0.2) is 0 Å². The largest absolute Gasteiger partial charge is 0.465 e. The third-order valence-electron chi connectivity index (χ3n) is 3.13. The molecule has 0 bridgehead atoms.